The third-order valence-electron chi connectivity index (χ3n) is 8.81. The Morgan fingerprint density at radius 2 is 1.67 bits per heavy atom. The fourth-order valence-corrected chi connectivity index (χ4v) is 6.58. The maximum Gasteiger partial charge on any atom is 0.339 e. The second-order valence-electron chi connectivity index (χ2n) is 12.9. The van der Waals surface area contributed by atoms with Gasteiger partial charge in [0.15, 0.2) is 8.32 Å². The van der Waals surface area contributed by atoms with Gasteiger partial charge in [-0.3, -0.25) is 4.79 Å². The molecule has 0 amide bonds. The van der Waals surface area contributed by atoms with Crippen LogP contribution >= 0.6 is 0 Å². The average molecular weight is 636 g/mol. The number of carbonyl (C=O) groups is 2. The van der Waals surface area contributed by atoms with Crippen molar-refractivity contribution >= 4 is 26.3 Å². The Morgan fingerprint density at radius 3 is 2.22 bits per heavy atom. The maximum atomic E-state index is 12.6. The van der Waals surface area contributed by atoms with Crippen LogP contribution in [0.4, 0.5) is 0 Å². The number of carboxylic acid groups (broad SMARTS) is 1. The van der Waals surface area contributed by atoms with E-state index in [0.29, 0.717) is 23.5 Å². The molecule has 2 aromatic carbocycles. The second kappa shape index (κ2) is 13.5. The highest BCUT2D eigenvalue weighted by molar-refractivity contribution is 6.74. The summed E-state index contributed by atoms with van der Waals surface area (Å²) in [4.78, 5) is 24.3. The van der Waals surface area contributed by atoms with Crippen LogP contribution in [0.3, 0.4) is 0 Å². The molecule has 1 aliphatic carbocycles. The molecule has 1 aromatic heterocycles. The van der Waals surface area contributed by atoms with Crippen molar-refractivity contribution in [2.45, 2.75) is 77.4 Å². The number of nitrogens with zero attached hydrogens (tertiary/aromatic N) is 1. The van der Waals surface area contributed by atoms with E-state index in [0.717, 1.165) is 22.4 Å². The third-order valence-corrected chi connectivity index (χ3v) is 13.3. The Labute approximate surface area is 266 Å². The van der Waals surface area contributed by atoms with Gasteiger partial charge >= 0.3 is 11.9 Å². The first-order chi connectivity index (χ1) is 21.2. The van der Waals surface area contributed by atoms with Crippen molar-refractivity contribution in [3.05, 3.63) is 87.9 Å². The highest BCUT2D eigenvalue weighted by Crippen LogP contribution is 2.44. The third kappa shape index (κ3) is 7.62. The molecule has 10 heteroatoms. The predicted octanol–water partition coefficient (Wildman–Crippen LogP) is 6.97. The zero-order valence-corrected chi connectivity index (χ0v) is 28.7. The number of rotatable bonds is 13. The van der Waals surface area contributed by atoms with Gasteiger partial charge in [0.2, 0.25) is 0 Å². The Kier molecular flexibility index (Phi) is 10.2. The summed E-state index contributed by atoms with van der Waals surface area (Å²) in [7, 11) is 2.12. The van der Waals surface area contributed by atoms with Crippen molar-refractivity contribution < 1.29 is 38.1 Å². The molecule has 0 saturated heterocycles. The van der Waals surface area contributed by atoms with Gasteiger partial charge in [-0.25, -0.2) is 4.79 Å². The van der Waals surface area contributed by atoms with Crippen molar-refractivity contribution in [2.24, 2.45) is 0 Å². The Balaban J connectivity index is 1.87. The lowest BCUT2D eigenvalue weighted by Gasteiger charge is -2.42. The number of fused-ring (bicyclic) bond motifs is 1. The largest absolute Gasteiger partial charge is 0.496 e. The minimum absolute atomic E-state index is 0.113. The molecule has 1 heterocycles. The number of aromatic nitrogens is 1. The lowest BCUT2D eigenvalue weighted by Crippen LogP contribution is -2.45. The van der Waals surface area contributed by atoms with E-state index in [1.807, 2.05) is 37.3 Å². The summed E-state index contributed by atoms with van der Waals surface area (Å²) in [6.45, 7) is 13.1. The van der Waals surface area contributed by atoms with E-state index >= 15 is 0 Å². The molecule has 0 spiro atoms. The van der Waals surface area contributed by atoms with Crippen LogP contribution in [-0.4, -0.2) is 57.4 Å². The molecule has 45 heavy (non-hydrogen) atoms. The fourth-order valence-electron chi connectivity index (χ4n) is 5.30. The van der Waals surface area contributed by atoms with Crippen molar-refractivity contribution in [3.63, 3.8) is 0 Å². The molecule has 0 unspecified atom stereocenters. The molecule has 0 radical (unpaired) electrons. The summed E-state index contributed by atoms with van der Waals surface area (Å²) in [6, 6.07) is 12.1. The Morgan fingerprint density at radius 1 is 1.02 bits per heavy atom. The smallest absolute Gasteiger partial charge is 0.339 e. The molecular formula is C35H45NO8Si. The van der Waals surface area contributed by atoms with Crippen LogP contribution in [0.5, 0.6) is 11.5 Å². The standard InChI is InChI=1S/C35H45NO8Si/c1-22-29(40-5)16-25(17-30(22)41-6)33(44-45(8,9)35(2,3)4)31(43-27-14-23-12-10-11-13-24(23)15-27)21-36-19-26(18-32(37)38)28(20-36)34(39)42-7/h10-14,16-17,19-20,31,33H,15,18,21H2,1-9H3,(H,37,38)/t31-,33+/m0/s1. The van der Waals surface area contributed by atoms with Crippen LogP contribution in [-0.2, 0) is 38.1 Å². The highest BCUT2D eigenvalue weighted by Gasteiger charge is 2.42. The van der Waals surface area contributed by atoms with Gasteiger partial charge in [0.25, 0.3) is 0 Å². The lowest BCUT2D eigenvalue weighted by atomic mass is 10.0. The minimum atomic E-state index is -2.41. The molecule has 0 aliphatic heterocycles. The summed E-state index contributed by atoms with van der Waals surface area (Å²) < 4.78 is 32.4. The molecule has 3 aromatic rings. The number of carboxylic acids is 1. The zero-order chi connectivity index (χ0) is 33.1. The topological polar surface area (TPSA) is 105 Å². The van der Waals surface area contributed by atoms with E-state index < -0.39 is 32.5 Å². The number of hydrogen-bond acceptors (Lipinski definition) is 7. The SMILES string of the molecule is COC(=O)c1cn(C[C@H](OC2=Cc3ccccc3C2)[C@H](O[Si](C)(C)C(C)(C)C)c2cc(OC)c(C)c(OC)c2)cc1CC(=O)O. The first-order valence-electron chi connectivity index (χ1n) is 15.0. The van der Waals surface area contributed by atoms with E-state index in [9.17, 15) is 14.7 Å². The quantitative estimate of drug-likeness (QED) is 0.159. The molecule has 4 rings (SSSR count). The Bertz CT molecular complexity index is 1560. The minimum Gasteiger partial charge on any atom is -0.496 e. The molecule has 1 N–H and O–H groups in total. The fraction of sp³-hybridized carbons (Fsp3) is 0.429. The van der Waals surface area contributed by atoms with Crippen LogP contribution in [0.1, 0.15) is 65.1 Å². The Hall–Kier alpha value is -4.02. The van der Waals surface area contributed by atoms with Crippen molar-refractivity contribution in [2.75, 3.05) is 21.3 Å². The normalized spacial score (nSPS) is 14.3. The van der Waals surface area contributed by atoms with Crippen molar-refractivity contribution in [1.82, 2.24) is 4.57 Å². The number of ether oxygens (including phenoxy) is 4. The van der Waals surface area contributed by atoms with Crippen molar-refractivity contribution in [1.29, 1.82) is 0 Å². The van der Waals surface area contributed by atoms with Crippen LogP contribution in [0.2, 0.25) is 18.1 Å². The van der Waals surface area contributed by atoms with Crippen LogP contribution < -0.4 is 9.47 Å². The molecular weight excluding hydrogens is 590 g/mol. The average Bonchev–Trinajstić information content (AvgIpc) is 3.57. The molecule has 0 bridgehead atoms. The second-order valence-corrected chi connectivity index (χ2v) is 17.7. The monoisotopic (exact) mass is 635 g/mol. The van der Waals surface area contributed by atoms with Gasteiger partial charge in [-0.15, -0.1) is 0 Å². The van der Waals surface area contributed by atoms with Gasteiger partial charge in [-0.2, -0.15) is 0 Å². The highest BCUT2D eigenvalue weighted by atomic mass is 28.4. The number of esters is 1. The van der Waals surface area contributed by atoms with E-state index in [4.69, 9.17) is 23.4 Å². The maximum absolute atomic E-state index is 12.6. The lowest BCUT2D eigenvalue weighted by molar-refractivity contribution is -0.136. The molecule has 242 valence electrons. The first kappa shape index (κ1) is 33.9. The van der Waals surface area contributed by atoms with Gasteiger partial charge in [0.05, 0.1) is 39.9 Å². The molecule has 9 nitrogen and oxygen atoms in total. The summed E-state index contributed by atoms with van der Waals surface area (Å²) in [5.74, 6) is 0.479. The number of methoxy groups -OCH3 is 3. The van der Waals surface area contributed by atoms with E-state index in [1.165, 1.54) is 12.7 Å². The number of carbonyl (C=O) groups excluding carboxylic acids is 1. The summed E-state index contributed by atoms with van der Waals surface area (Å²) in [6.07, 6.45) is 4.49. The number of allylic oxidation sites excluding steroid dienone is 1. The first-order valence-corrected chi connectivity index (χ1v) is 17.9. The molecule has 0 fully saturated rings. The van der Waals surface area contributed by atoms with Crippen LogP contribution in [0, 0.1) is 6.92 Å². The van der Waals surface area contributed by atoms with Crippen LogP contribution in [0.25, 0.3) is 6.08 Å². The van der Waals surface area contributed by atoms with Gasteiger partial charge in [0, 0.05) is 24.4 Å². The van der Waals surface area contributed by atoms with E-state index in [1.54, 1.807) is 31.2 Å². The van der Waals surface area contributed by atoms with Gasteiger partial charge < -0.3 is 33.0 Å². The van der Waals surface area contributed by atoms with Crippen molar-refractivity contribution in [3.8, 4) is 11.5 Å². The summed E-state index contributed by atoms with van der Waals surface area (Å²) in [5.41, 5.74) is 4.53. The summed E-state index contributed by atoms with van der Waals surface area (Å²) in [5, 5.41) is 9.43. The van der Waals surface area contributed by atoms with Crippen LogP contribution in [0.15, 0.2) is 54.6 Å². The van der Waals surface area contributed by atoms with E-state index in [-0.39, 0.29) is 23.6 Å². The molecule has 1 aliphatic rings. The number of aliphatic carboxylic acids is 1. The number of hydrogen-bond donors (Lipinski definition) is 1. The van der Waals surface area contributed by atoms with Gasteiger partial charge in [-0.05, 0) is 65.5 Å². The van der Waals surface area contributed by atoms with Gasteiger partial charge in [0.1, 0.15) is 29.5 Å². The number of benzene rings is 2. The zero-order valence-electron chi connectivity index (χ0n) is 27.7. The van der Waals surface area contributed by atoms with Gasteiger partial charge in [-0.1, -0.05) is 45.0 Å². The molecule has 2 atom stereocenters. The predicted molar refractivity (Wildman–Crippen MR) is 175 cm³/mol. The van der Waals surface area contributed by atoms with E-state index in [2.05, 4.69) is 46.0 Å². The molecule has 0 saturated carbocycles. The summed E-state index contributed by atoms with van der Waals surface area (Å²) >= 11 is 0.